The van der Waals surface area contributed by atoms with Crippen molar-refractivity contribution in [3.8, 4) is 0 Å². The van der Waals surface area contributed by atoms with Crippen LogP contribution in [0.1, 0.15) is 36.5 Å². The van der Waals surface area contributed by atoms with E-state index in [0.717, 1.165) is 23.5 Å². The second kappa shape index (κ2) is 8.44. The van der Waals surface area contributed by atoms with Gasteiger partial charge in [0.15, 0.2) is 0 Å². The van der Waals surface area contributed by atoms with Crippen LogP contribution in [0.4, 0.5) is 10.5 Å². The van der Waals surface area contributed by atoms with Crippen LogP contribution < -0.4 is 10.6 Å². The van der Waals surface area contributed by atoms with Crippen LogP contribution in [0.3, 0.4) is 0 Å². The standard InChI is InChI=1S/C18H23N3O4S/c1-2-25-18(24)19-13-4-3-8-21(11-13)17(23)12-5-6-15-14(10-12)20-16(22)7-9-26-15/h5-6,10,13H,2-4,7-9,11H2,1H3,(H,19,24)(H,20,22). The molecular weight excluding hydrogens is 354 g/mol. The summed E-state index contributed by atoms with van der Waals surface area (Å²) in [4.78, 5) is 39.0. The summed E-state index contributed by atoms with van der Waals surface area (Å²) in [6.45, 7) is 3.18. The molecular formula is C18H23N3O4S. The molecule has 140 valence electrons. The number of nitrogens with zero attached hydrogens (tertiary/aromatic N) is 1. The maximum Gasteiger partial charge on any atom is 0.407 e. The van der Waals surface area contributed by atoms with E-state index in [9.17, 15) is 14.4 Å². The number of alkyl carbamates (subject to hydrolysis) is 1. The minimum absolute atomic E-state index is 0.0301. The number of carbonyl (C=O) groups excluding carboxylic acids is 3. The molecule has 2 heterocycles. The molecule has 3 amide bonds. The number of ether oxygens (including phenoxy) is 1. The van der Waals surface area contributed by atoms with Gasteiger partial charge in [-0.2, -0.15) is 0 Å². The third kappa shape index (κ3) is 4.49. The lowest BCUT2D eigenvalue weighted by Crippen LogP contribution is -2.49. The molecule has 2 N–H and O–H groups in total. The number of likely N-dealkylation sites (tertiary alicyclic amines) is 1. The molecule has 0 spiro atoms. The lowest BCUT2D eigenvalue weighted by atomic mass is 10.0. The summed E-state index contributed by atoms with van der Waals surface area (Å²) < 4.78 is 4.91. The summed E-state index contributed by atoms with van der Waals surface area (Å²) in [5.74, 6) is 0.614. The predicted octanol–water partition coefficient (Wildman–Crippen LogP) is 2.47. The van der Waals surface area contributed by atoms with Gasteiger partial charge in [-0.25, -0.2) is 4.79 Å². The Kier molecular flexibility index (Phi) is 6.03. The summed E-state index contributed by atoms with van der Waals surface area (Å²) in [6.07, 6.45) is 1.66. The molecule has 0 aliphatic carbocycles. The van der Waals surface area contributed by atoms with Crippen molar-refractivity contribution < 1.29 is 19.1 Å². The van der Waals surface area contributed by atoms with Gasteiger partial charge in [0.2, 0.25) is 5.91 Å². The minimum atomic E-state index is -0.448. The molecule has 1 saturated heterocycles. The van der Waals surface area contributed by atoms with Crippen molar-refractivity contribution in [1.29, 1.82) is 0 Å². The van der Waals surface area contributed by atoms with E-state index < -0.39 is 6.09 Å². The molecule has 2 aliphatic rings. The van der Waals surface area contributed by atoms with Crippen LogP contribution in [-0.4, -0.2) is 54.3 Å². The quantitative estimate of drug-likeness (QED) is 0.845. The lowest BCUT2D eigenvalue weighted by molar-refractivity contribution is -0.115. The Morgan fingerprint density at radius 3 is 3.08 bits per heavy atom. The Hall–Kier alpha value is -2.22. The highest BCUT2D eigenvalue weighted by molar-refractivity contribution is 7.99. The van der Waals surface area contributed by atoms with Crippen LogP contribution in [-0.2, 0) is 9.53 Å². The van der Waals surface area contributed by atoms with Crippen LogP contribution in [0.5, 0.6) is 0 Å². The first-order valence-electron chi connectivity index (χ1n) is 8.86. The molecule has 1 fully saturated rings. The van der Waals surface area contributed by atoms with E-state index in [-0.39, 0.29) is 17.9 Å². The zero-order valence-electron chi connectivity index (χ0n) is 14.7. The zero-order chi connectivity index (χ0) is 18.5. The van der Waals surface area contributed by atoms with Gasteiger partial charge in [0, 0.05) is 41.8 Å². The Labute approximate surface area is 156 Å². The van der Waals surface area contributed by atoms with Gasteiger partial charge in [-0.15, -0.1) is 11.8 Å². The van der Waals surface area contributed by atoms with E-state index in [2.05, 4.69) is 10.6 Å². The van der Waals surface area contributed by atoms with E-state index in [0.29, 0.717) is 37.4 Å². The average Bonchev–Trinajstić information content (AvgIpc) is 2.81. The Morgan fingerprint density at radius 2 is 2.27 bits per heavy atom. The molecule has 26 heavy (non-hydrogen) atoms. The topological polar surface area (TPSA) is 87.7 Å². The van der Waals surface area contributed by atoms with Gasteiger partial charge in [-0.05, 0) is 38.0 Å². The first kappa shape index (κ1) is 18.6. The Morgan fingerprint density at radius 1 is 1.42 bits per heavy atom. The number of thioether (sulfide) groups is 1. The van der Waals surface area contributed by atoms with Gasteiger partial charge in [-0.3, -0.25) is 9.59 Å². The average molecular weight is 377 g/mol. The van der Waals surface area contributed by atoms with Gasteiger partial charge < -0.3 is 20.3 Å². The highest BCUT2D eigenvalue weighted by Gasteiger charge is 2.26. The van der Waals surface area contributed by atoms with Crippen LogP contribution in [0.25, 0.3) is 0 Å². The van der Waals surface area contributed by atoms with Crippen molar-refractivity contribution in [2.75, 3.05) is 30.8 Å². The maximum absolute atomic E-state index is 12.9. The fraction of sp³-hybridized carbons (Fsp3) is 0.500. The summed E-state index contributed by atoms with van der Waals surface area (Å²) in [5.41, 5.74) is 1.24. The Bertz CT molecular complexity index is 710. The molecule has 0 aromatic heterocycles. The maximum atomic E-state index is 12.9. The highest BCUT2D eigenvalue weighted by Crippen LogP contribution is 2.32. The van der Waals surface area contributed by atoms with Crippen molar-refractivity contribution in [1.82, 2.24) is 10.2 Å². The monoisotopic (exact) mass is 377 g/mol. The molecule has 3 rings (SSSR count). The van der Waals surface area contributed by atoms with Gasteiger partial charge in [0.05, 0.1) is 12.3 Å². The first-order chi connectivity index (χ1) is 12.6. The molecule has 1 atom stereocenters. The van der Waals surface area contributed by atoms with Gasteiger partial charge in [0.1, 0.15) is 0 Å². The molecule has 7 nitrogen and oxygen atoms in total. The van der Waals surface area contributed by atoms with Crippen molar-refractivity contribution in [3.63, 3.8) is 0 Å². The lowest BCUT2D eigenvalue weighted by Gasteiger charge is -2.33. The van der Waals surface area contributed by atoms with Crippen LogP contribution in [0.15, 0.2) is 23.1 Å². The van der Waals surface area contributed by atoms with Crippen molar-refractivity contribution in [2.45, 2.75) is 37.1 Å². The fourth-order valence-corrected chi connectivity index (χ4v) is 4.09. The second-order valence-electron chi connectivity index (χ2n) is 6.31. The third-order valence-electron chi connectivity index (χ3n) is 4.39. The zero-order valence-corrected chi connectivity index (χ0v) is 15.6. The molecule has 2 aliphatic heterocycles. The molecule has 0 radical (unpaired) electrons. The first-order valence-corrected chi connectivity index (χ1v) is 9.84. The summed E-state index contributed by atoms with van der Waals surface area (Å²) in [6, 6.07) is 5.32. The molecule has 1 aromatic rings. The number of benzene rings is 1. The second-order valence-corrected chi connectivity index (χ2v) is 7.45. The van der Waals surface area contributed by atoms with Gasteiger partial charge >= 0.3 is 6.09 Å². The minimum Gasteiger partial charge on any atom is -0.450 e. The van der Waals surface area contributed by atoms with E-state index >= 15 is 0 Å². The fourth-order valence-electron chi connectivity index (χ4n) is 3.15. The van der Waals surface area contributed by atoms with Crippen LogP contribution in [0.2, 0.25) is 0 Å². The van der Waals surface area contributed by atoms with Crippen molar-refractivity contribution in [2.24, 2.45) is 0 Å². The number of carbonyl (C=O) groups is 3. The highest BCUT2D eigenvalue weighted by atomic mass is 32.2. The Balaban J connectivity index is 1.68. The number of hydrogen-bond donors (Lipinski definition) is 2. The molecule has 0 saturated carbocycles. The van der Waals surface area contributed by atoms with E-state index in [1.807, 2.05) is 6.07 Å². The van der Waals surface area contributed by atoms with E-state index in [4.69, 9.17) is 4.74 Å². The summed E-state index contributed by atoms with van der Waals surface area (Å²) >= 11 is 1.61. The van der Waals surface area contributed by atoms with Gasteiger partial charge in [-0.1, -0.05) is 0 Å². The third-order valence-corrected chi connectivity index (χ3v) is 5.47. The number of anilines is 1. The number of nitrogens with one attached hydrogen (secondary N) is 2. The SMILES string of the molecule is CCOC(=O)NC1CCCN(C(=O)c2ccc3c(c2)NC(=O)CCS3)C1. The largest absolute Gasteiger partial charge is 0.450 e. The van der Waals surface area contributed by atoms with E-state index in [1.54, 1.807) is 35.7 Å². The number of rotatable bonds is 3. The number of fused-ring (bicyclic) bond motifs is 1. The summed E-state index contributed by atoms with van der Waals surface area (Å²) in [5, 5.41) is 5.67. The molecule has 1 aromatic carbocycles. The number of hydrogen-bond acceptors (Lipinski definition) is 5. The molecule has 8 heteroatoms. The van der Waals surface area contributed by atoms with E-state index in [1.165, 1.54) is 0 Å². The molecule has 1 unspecified atom stereocenters. The van der Waals surface area contributed by atoms with Crippen molar-refractivity contribution >= 4 is 35.4 Å². The van der Waals surface area contributed by atoms with Crippen molar-refractivity contribution in [3.05, 3.63) is 23.8 Å². The predicted molar refractivity (Wildman–Crippen MR) is 99.5 cm³/mol. The normalized spacial score (nSPS) is 19.8. The number of amides is 3. The van der Waals surface area contributed by atoms with Gasteiger partial charge in [0.25, 0.3) is 5.91 Å². The van der Waals surface area contributed by atoms with Crippen LogP contribution in [0, 0.1) is 0 Å². The van der Waals surface area contributed by atoms with Crippen LogP contribution >= 0.6 is 11.8 Å². The smallest absolute Gasteiger partial charge is 0.407 e. The summed E-state index contributed by atoms with van der Waals surface area (Å²) in [7, 11) is 0. The molecule has 0 bridgehead atoms. The number of piperidine rings is 1.